The Kier molecular flexibility index (Phi) is 7.33. The minimum atomic E-state index is -3.50. The second-order valence-corrected chi connectivity index (χ2v) is 5.96. The highest BCUT2D eigenvalue weighted by Gasteiger charge is 2.12. The molecule has 1 aromatic carbocycles. The first-order chi connectivity index (χ1) is 9.10. The van der Waals surface area contributed by atoms with Gasteiger partial charge in [-0.05, 0) is 24.1 Å². The molecule has 0 radical (unpaired) electrons. The highest BCUT2D eigenvalue weighted by Crippen LogP contribution is 2.11. The van der Waals surface area contributed by atoms with E-state index in [1.807, 2.05) is 0 Å². The third-order valence-corrected chi connectivity index (χ3v) is 4.06. The van der Waals surface area contributed by atoms with Crippen LogP contribution >= 0.6 is 11.6 Å². The second-order valence-electron chi connectivity index (χ2n) is 3.82. The van der Waals surface area contributed by atoms with Gasteiger partial charge >= 0.3 is 0 Å². The summed E-state index contributed by atoms with van der Waals surface area (Å²) in [5.74, 6) is 0.506. The molecule has 0 atom stereocenters. The van der Waals surface area contributed by atoms with E-state index in [-0.39, 0.29) is 31.3 Å². The Morgan fingerprint density at radius 1 is 1.21 bits per heavy atom. The molecule has 0 unspecified atom stereocenters. The number of halogens is 1. The standard InChI is InChI=1S/C12H18ClNO4S/c13-6-5-11-1-3-12(4-2-11)19(16,17)14-7-9-18-10-8-15/h1-4,14-15H,5-10H2. The largest absolute Gasteiger partial charge is 0.394 e. The zero-order valence-electron chi connectivity index (χ0n) is 10.5. The molecule has 0 fully saturated rings. The molecule has 0 bridgehead atoms. The Hall–Kier alpha value is -0.660. The summed E-state index contributed by atoms with van der Waals surface area (Å²) in [6.07, 6.45) is 0.713. The quantitative estimate of drug-likeness (QED) is 0.521. The van der Waals surface area contributed by atoms with Crippen molar-refractivity contribution in [3.8, 4) is 0 Å². The molecule has 0 saturated carbocycles. The number of rotatable bonds is 9. The fourth-order valence-electron chi connectivity index (χ4n) is 1.44. The van der Waals surface area contributed by atoms with Crippen molar-refractivity contribution in [2.24, 2.45) is 0 Å². The maximum Gasteiger partial charge on any atom is 0.240 e. The van der Waals surface area contributed by atoms with Gasteiger partial charge in [0.05, 0.1) is 24.7 Å². The second kappa shape index (κ2) is 8.50. The SMILES string of the molecule is O=S(=O)(NCCOCCO)c1ccc(CCCl)cc1. The number of aliphatic hydroxyl groups is 1. The predicted octanol–water partition coefficient (Wildman–Crippen LogP) is 0.755. The number of hydrogen-bond donors (Lipinski definition) is 2. The zero-order valence-corrected chi connectivity index (χ0v) is 12.1. The summed E-state index contributed by atoms with van der Waals surface area (Å²) >= 11 is 5.61. The highest BCUT2D eigenvalue weighted by atomic mass is 35.5. The van der Waals surface area contributed by atoms with Gasteiger partial charge in [-0.15, -0.1) is 11.6 Å². The van der Waals surface area contributed by atoms with E-state index < -0.39 is 10.0 Å². The van der Waals surface area contributed by atoms with Crippen LogP contribution in [-0.4, -0.2) is 45.8 Å². The number of aryl methyl sites for hydroxylation is 1. The average Bonchev–Trinajstić information content (AvgIpc) is 2.39. The Balaban J connectivity index is 2.52. The Bertz CT molecular complexity index is 461. The van der Waals surface area contributed by atoms with Crippen LogP contribution in [0.5, 0.6) is 0 Å². The number of benzene rings is 1. The van der Waals surface area contributed by atoms with Gasteiger partial charge in [-0.3, -0.25) is 0 Å². The maximum atomic E-state index is 11.9. The summed E-state index contributed by atoms with van der Waals surface area (Å²) in [5.41, 5.74) is 1.00. The zero-order chi connectivity index (χ0) is 14.1. The van der Waals surface area contributed by atoms with E-state index in [4.69, 9.17) is 21.4 Å². The molecule has 0 saturated heterocycles. The monoisotopic (exact) mass is 307 g/mol. The van der Waals surface area contributed by atoms with E-state index in [0.717, 1.165) is 5.56 Å². The van der Waals surface area contributed by atoms with Gasteiger partial charge in [-0.2, -0.15) is 0 Å². The summed E-state index contributed by atoms with van der Waals surface area (Å²) in [6, 6.07) is 6.61. The Labute approximate surface area is 118 Å². The minimum absolute atomic E-state index is 0.0746. The molecule has 5 nitrogen and oxygen atoms in total. The van der Waals surface area contributed by atoms with Crippen LogP contribution in [-0.2, 0) is 21.2 Å². The maximum absolute atomic E-state index is 11.9. The van der Waals surface area contributed by atoms with Gasteiger partial charge in [0, 0.05) is 12.4 Å². The van der Waals surface area contributed by atoms with Crippen molar-refractivity contribution in [1.82, 2.24) is 4.72 Å². The highest BCUT2D eigenvalue weighted by molar-refractivity contribution is 7.89. The van der Waals surface area contributed by atoms with E-state index >= 15 is 0 Å². The van der Waals surface area contributed by atoms with Crippen molar-refractivity contribution in [1.29, 1.82) is 0 Å². The molecule has 1 aromatic rings. The van der Waals surface area contributed by atoms with Crippen molar-refractivity contribution in [2.75, 3.05) is 32.2 Å². The van der Waals surface area contributed by atoms with Crippen molar-refractivity contribution in [2.45, 2.75) is 11.3 Å². The number of nitrogens with one attached hydrogen (secondary N) is 1. The molecule has 0 aliphatic heterocycles. The van der Waals surface area contributed by atoms with Crippen LogP contribution < -0.4 is 4.72 Å². The Morgan fingerprint density at radius 3 is 2.47 bits per heavy atom. The lowest BCUT2D eigenvalue weighted by Crippen LogP contribution is -2.27. The Morgan fingerprint density at radius 2 is 1.89 bits per heavy atom. The molecular formula is C12H18ClNO4S. The van der Waals surface area contributed by atoms with Crippen LogP contribution in [0.4, 0.5) is 0 Å². The molecule has 7 heteroatoms. The average molecular weight is 308 g/mol. The molecule has 19 heavy (non-hydrogen) atoms. The van der Waals surface area contributed by atoms with Gasteiger partial charge in [0.1, 0.15) is 0 Å². The van der Waals surface area contributed by atoms with Gasteiger partial charge in [0.2, 0.25) is 10.0 Å². The van der Waals surface area contributed by atoms with Gasteiger partial charge in [-0.1, -0.05) is 12.1 Å². The molecular weight excluding hydrogens is 290 g/mol. The van der Waals surface area contributed by atoms with Crippen LogP contribution in [0, 0.1) is 0 Å². The van der Waals surface area contributed by atoms with E-state index in [1.165, 1.54) is 0 Å². The molecule has 0 amide bonds. The molecule has 2 N–H and O–H groups in total. The van der Waals surface area contributed by atoms with Crippen LogP contribution in [0.15, 0.2) is 29.2 Å². The third-order valence-electron chi connectivity index (χ3n) is 2.39. The van der Waals surface area contributed by atoms with Crippen LogP contribution in [0.3, 0.4) is 0 Å². The summed E-state index contributed by atoms with van der Waals surface area (Å²) in [6.45, 7) is 0.527. The third kappa shape index (κ3) is 5.88. The van der Waals surface area contributed by atoms with Crippen LogP contribution in [0.25, 0.3) is 0 Å². The van der Waals surface area contributed by atoms with E-state index in [1.54, 1.807) is 24.3 Å². The number of sulfonamides is 1. The molecule has 0 aliphatic rings. The summed E-state index contributed by atoms with van der Waals surface area (Å²) in [4.78, 5) is 0.216. The smallest absolute Gasteiger partial charge is 0.240 e. The van der Waals surface area contributed by atoms with Crippen LogP contribution in [0.2, 0.25) is 0 Å². The van der Waals surface area contributed by atoms with Crippen molar-refractivity contribution in [3.63, 3.8) is 0 Å². The first-order valence-electron chi connectivity index (χ1n) is 5.93. The van der Waals surface area contributed by atoms with Gasteiger partial charge in [0.25, 0.3) is 0 Å². The predicted molar refractivity (Wildman–Crippen MR) is 74.0 cm³/mol. The van der Waals surface area contributed by atoms with Crippen molar-refractivity contribution >= 4 is 21.6 Å². The first-order valence-corrected chi connectivity index (χ1v) is 7.95. The lowest BCUT2D eigenvalue weighted by atomic mass is 10.2. The topological polar surface area (TPSA) is 75.6 Å². The number of ether oxygens (including phenoxy) is 1. The van der Waals surface area contributed by atoms with E-state index in [2.05, 4.69) is 4.72 Å². The molecule has 0 spiro atoms. The van der Waals surface area contributed by atoms with Crippen LogP contribution in [0.1, 0.15) is 5.56 Å². The van der Waals surface area contributed by atoms with Crippen molar-refractivity contribution in [3.05, 3.63) is 29.8 Å². The summed E-state index contributed by atoms with van der Waals surface area (Å²) in [7, 11) is -3.50. The minimum Gasteiger partial charge on any atom is -0.394 e. The molecule has 0 aromatic heterocycles. The number of alkyl halides is 1. The summed E-state index contributed by atoms with van der Waals surface area (Å²) in [5, 5.41) is 8.50. The van der Waals surface area contributed by atoms with E-state index in [0.29, 0.717) is 12.3 Å². The fraction of sp³-hybridized carbons (Fsp3) is 0.500. The lowest BCUT2D eigenvalue weighted by Gasteiger charge is -2.07. The number of aliphatic hydroxyl groups excluding tert-OH is 1. The van der Waals surface area contributed by atoms with Gasteiger partial charge in [0.15, 0.2) is 0 Å². The molecule has 108 valence electrons. The molecule has 1 rings (SSSR count). The first kappa shape index (κ1) is 16.4. The van der Waals surface area contributed by atoms with Gasteiger partial charge in [-0.25, -0.2) is 13.1 Å². The molecule has 0 heterocycles. The van der Waals surface area contributed by atoms with Gasteiger partial charge < -0.3 is 9.84 Å². The molecule has 0 aliphatic carbocycles. The lowest BCUT2D eigenvalue weighted by molar-refractivity contribution is 0.0961. The van der Waals surface area contributed by atoms with Crippen molar-refractivity contribution < 1.29 is 18.3 Å². The normalized spacial score (nSPS) is 11.7. The summed E-state index contributed by atoms with van der Waals surface area (Å²) < 4.78 is 31.2. The fourth-order valence-corrected chi connectivity index (χ4v) is 2.67. The van der Waals surface area contributed by atoms with E-state index in [9.17, 15) is 8.42 Å². The number of hydrogen-bond acceptors (Lipinski definition) is 4.